The van der Waals surface area contributed by atoms with Crippen LogP contribution in [0.15, 0.2) is 30.3 Å². The van der Waals surface area contributed by atoms with E-state index in [1.807, 2.05) is 0 Å². The predicted molar refractivity (Wildman–Crippen MR) is 87.3 cm³/mol. The minimum Gasteiger partial charge on any atom is -0.330 e. The predicted octanol–water partition coefficient (Wildman–Crippen LogP) is 3.44. The molecule has 3 heteroatoms. The second-order valence-electron chi connectivity index (χ2n) is 6.86. The van der Waals surface area contributed by atoms with Crippen molar-refractivity contribution in [3.63, 3.8) is 0 Å². The molecule has 1 aromatic carbocycles. The van der Waals surface area contributed by atoms with Crippen LogP contribution in [0.3, 0.4) is 0 Å². The second kappa shape index (κ2) is 6.40. The van der Waals surface area contributed by atoms with Crippen LogP contribution in [0.25, 0.3) is 0 Å². The van der Waals surface area contributed by atoms with Crippen LogP contribution in [0.5, 0.6) is 0 Å². The van der Waals surface area contributed by atoms with Gasteiger partial charge in [-0.1, -0.05) is 30.3 Å². The fraction of sp³-hybridized carbons (Fsp3) is 0.647. The van der Waals surface area contributed by atoms with Gasteiger partial charge in [0.2, 0.25) is 0 Å². The Labute approximate surface area is 125 Å². The van der Waals surface area contributed by atoms with E-state index in [-0.39, 0.29) is 10.00 Å². The summed E-state index contributed by atoms with van der Waals surface area (Å²) in [5.41, 5.74) is 7.31. The maximum Gasteiger partial charge on any atom is 0.0399 e. The SMILES string of the molecule is CC(C)(C)S(=O)C1CC(c2ccccc2)CCC1CN. The van der Waals surface area contributed by atoms with Gasteiger partial charge in [-0.15, -0.1) is 0 Å². The molecule has 0 saturated heterocycles. The van der Waals surface area contributed by atoms with E-state index in [0.29, 0.717) is 18.4 Å². The molecule has 0 aliphatic heterocycles. The van der Waals surface area contributed by atoms with Crippen molar-refractivity contribution < 1.29 is 4.21 Å². The molecule has 0 amide bonds. The van der Waals surface area contributed by atoms with Crippen LogP contribution < -0.4 is 5.73 Å². The van der Waals surface area contributed by atoms with Crippen LogP contribution in [0, 0.1) is 5.92 Å². The van der Waals surface area contributed by atoms with Gasteiger partial charge in [0.25, 0.3) is 0 Å². The van der Waals surface area contributed by atoms with Gasteiger partial charge in [0.15, 0.2) is 0 Å². The molecule has 112 valence electrons. The zero-order chi connectivity index (χ0) is 14.8. The number of hydrogen-bond donors (Lipinski definition) is 1. The van der Waals surface area contributed by atoms with Crippen molar-refractivity contribution >= 4 is 10.8 Å². The molecule has 2 nitrogen and oxygen atoms in total. The molecule has 0 aromatic heterocycles. The Bertz CT molecular complexity index is 452. The van der Waals surface area contributed by atoms with Crippen molar-refractivity contribution in [2.75, 3.05) is 6.54 Å². The highest BCUT2D eigenvalue weighted by molar-refractivity contribution is 7.87. The monoisotopic (exact) mass is 293 g/mol. The normalized spacial score (nSPS) is 29.1. The Kier molecular flexibility index (Phi) is 5.03. The molecular weight excluding hydrogens is 266 g/mol. The summed E-state index contributed by atoms with van der Waals surface area (Å²) in [7, 11) is -0.828. The van der Waals surface area contributed by atoms with Crippen LogP contribution in [-0.2, 0) is 10.8 Å². The molecule has 0 radical (unpaired) electrons. The third kappa shape index (κ3) is 3.50. The summed E-state index contributed by atoms with van der Waals surface area (Å²) in [6.07, 6.45) is 3.28. The lowest BCUT2D eigenvalue weighted by atomic mass is 9.78. The summed E-state index contributed by atoms with van der Waals surface area (Å²) >= 11 is 0. The third-order valence-corrected chi connectivity index (χ3v) is 6.72. The minimum absolute atomic E-state index is 0.156. The van der Waals surface area contributed by atoms with Gasteiger partial charge in [-0.3, -0.25) is 4.21 Å². The summed E-state index contributed by atoms with van der Waals surface area (Å²) in [6, 6.07) is 10.6. The van der Waals surface area contributed by atoms with Crippen LogP contribution in [0.4, 0.5) is 0 Å². The van der Waals surface area contributed by atoms with Crippen molar-refractivity contribution in [3.8, 4) is 0 Å². The van der Waals surface area contributed by atoms with Crippen molar-refractivity contribution in [2.45, 2.75) is 55.9 Å². The van der Waals surface area contributed by atoms with Gasteiger partial charge in [-0.05, 0) is 64.0 Å². The van der Waals surface area contributed by atoms with Crippen LogP contribution >= 0.6 is 0 Å². The minimum atomic E-state index is -0.828. The van der Waals surface area contributed by atoms with E-state index in [9.17, 15) is 4.21 Å². The lowest BCUT2D eigenvalue weighted by molar-refractivity contribution is 0.336. The Morgan fingerprint density at radius 1 is 1.20 bits per heavy atom. The summed E-state index contributed by atoms with van der Waals surface area (Å²) in [5.74, 6) is 0.949. The van der Waals surface area contributed by atoms with Gasteiger partial charge in [-0.25, -0.2) is 0 Å². The average Bonchev–Trinajstić information content (AvgIpc) is 2.45. The van der Waals surface area contributed by atoms with Crippen molar-refractivity contribution in [2.24, 2.45) is 11.7 Å². The lowest BCUT2D eigenvalue weighted by Gasteiger charge is -2.38. The number of benzene rings is 1. The first-order valence-corrected chi connectivity index (χ1v) is 8.80. The third-order valence-electron chi connectivity index (χ3n) is 4.38. The summed E-state index contributed by atoms with van der Waals surface area (Å²) in [4.78, 5) is 0. The molecule has 2 N–H and O–H groups in total. The number of hydrogen-bond acceptors (Lipinski definition) is 2. The van der Waals surface area contributed by atoms with Crippen molar-refractivity contribution in [3.05, 3.63) is 35.9 Å². The molecule has 4 unspecified atom stereocenters. The molecule has 0 spiro atoms. The zero-order valence-corrected chi connectivity index (χ0v) is 13.7. The first kappa shape index (κ1) is 15.7. The van der Waals surface area contributed by atoms with Gasteiger partial charge in [0, 0.05) is 20.8 Å². The van der Waals surface area contributed by atoms with Gasteiger partial charge in [-0.2, -0.15) is 0 Å². The topological polar surface area (TPSA) is 43.1 Å². The van der Waals surface area contributed by atoms with Crippen LogP contribution in [0.1, 0.15) is 51.5 Å². The Morgan fingerprint density at radius 2 is 1.85 bits per heavy atom. The first-order valence-electron chi connectivity index (χ1n) is 7.59. The highest BCUT2D eigenvalue weighted by Crippen LogP contribution is 2.39. The Balaban J connectivity index is 2.18. The molecule has 1 aromatic rings. The molecule has 1 aliphatic carbocycles. The van der Waals surface area contributed by atoms with E-state index in [1.54, 1.807) is 0 Å². The van der Waals surface area contributed by atoms with E-state index in [4.69, 9.17) is 5.73 Å². The summed E-state index contributed by atoms with van der Waals surface area (Å²) < 4.78 is 12.7. The Morgan fingerprint density at radius 3 is 2.40 bits per heavy atom. The van der Waals surface area contributed by atoms with E-state index in [2.05, 4.69) is 51.1 Å². The fourth-order valence-corrected chi connectivity index (χ4v) is 5.12. The molecule has 1 aliphatic rings. The summed E-state index contributed by atoms with van der Waals surface area (Å²) in [6.45, 7) is 6.88. The lowest BCUT2D eigenvalue weighted by Crippen LogP contribution is -2.42. The van der Waals surface area contributed by atoms with Gasteiger partial charge in [0.1, 0.15) is 0 Å². The quantitative estimate of drug-likeness (QED) is 0.927. The van der Waals surface area contributed by atoms with Crippen molar-refractivity contribution in [1.29, 1.82) is 0 Å². The number of rotatable bonds is 3. The fourth-order valence-electron chi connectivity index (χ4n) is 3.21. The van der Waals surface area contributed by atoms with E-state index in [0.717, 1.165) is 12.8 Å². The maximum absolute atomic E-state index is 12.8. The smallest absolute Gasteiger partial charge is 0.0399 e. The van der Waals surface area contributed by atoms with Gasteiger partial charge < -0.3 is 5.73 Å². The molecule has 0 heterocycles. The van der Waals surface area contributed by atoms with E-state index < -0.39 is 10.8 Å². The molecule has 20 heavy (non-hydrogen) atoms. The average molecular weight is 293 g/mol. The maximum atomic E-state index is 12.8. The molecule has 1 fully saturated rings. The first-order chi connectivity index (χ1) is 9.43. The zero-order valence-electron chi connectivity index (χ0n) is 12.8. The molecule has 2 rings (SSSR count). The van der Waals surface area contributed by atoms with Crippen molar-refractivity contribution in [1.82, 2.24) is 0 Å². The summed E-state index contributed by atoms with van der Waals surface area (Å²) in [5, 5.41) is 0.235. The number of nitrogens with two attached hydrogens (primary N) is 1. The molecule has 0 bridgehead atoms. The van der Waals surface area contributed by atoms with Gasteiger partial charge >= 0.3 is 0 Å². The highest BCUT2D eigenvalue weighted by Gasteiger charge is 2.38. The molecule has 1 saturated carbocycles. The Hall–Kier alpha value is -0.670. The highest BCUT2D eigenvalue weighted by atomic mass is 32.2. The van der Waals surface area contributed by atoms with E-state index in [1.165, 1.54) is 12.0 Å². The van der Waals surface area contributed by atoms with Crippen LogP contribution in [-0.4, -0.2) is 20.8 Å². The van der Waals surface area contributed by atoms with Gasteiger partial charge in [0.05, 0.1) is 0 Å². The van der Waals surface area contributed by atoms with Crippen LogP contribution in [0.2, 0.25) is 0 Å². The standard InChI is InChI=1S/C17H27NOS/c1-17(2,3)20(19)16-11-14(9-10-15(16)12-18)13-7-5-4-6-8-13/h4-8,14-16H,9-12,18H2,1-3H3. The molecule has 4 atom stereocenters. The second-order valence-corrected chi connectivity index (χ2v) is 9.29. The largest absolute Gasteiger partial charge is 0.330 e. The molecular formula is C17H27NOS. The van der Waals surface area contributed by atoms with E-state index >= 15 is 0 Å².